The van der Waals surface area contributed by atoms with E-state index in [9.17, 15) is 14.9 Å². The zero-order valence-corrected chi connectivity index (χ0v) is 9.87. The standard InChI is InChI=1S/C14H10N2O3/c17-14-13(11-3-1-2-4-12(11)15-14)9-5-7-10(8-6-9)16(18)19/h1-8,13H,(H,15,17)/t13-/m0/s1. The van der Waals surface area contributed by atoms with Gasteiger partial charge in [0.25, 0.3) is 5.69 Å². The topological polar surface area (TPSA) is 72.2 Å². The van der Waals surface area contributed by atoms with Crippen LogP contribution in [0.1, 0.15) is 17.0 Å². The quantitative estimate of drug-likeness (QED) is 0.661. The molecule has 1 N–H and O–H groups in total. The number of hydrogen-bond donors (Lipinski definition) is 1. The number of carbonyl (C=O) groups excluding carboxylic acids is 1. The third-order valence-corrected chi connectivity index (χ3v) is 3.23. The van der Waals surface area contributed by atoms with Crippen LogP contribution in [0.2, 0.25) is 0 Å². The van der Waals surface area contributed by atoms with Crippen molar-refractivity contribution >= 4 is 17.3 Å². The lowest BCUT2D eigenvalue weighted by Crippen LogP contribution is -2.13. The van der Waals surface area contributed by atoms with E-state index in [-0.39, 0.29) is 11.6 Å². The van der Waals surface area contributed by atoms with Crippen molar-refractivity contribution in [3.05, 3.63) is 69.8 Å². The van der Waals surface area contributed by atoms with Gasteiger partial charge in [0.2, 0.25) is 5.91 Å². The molecule has 1 aliphatic heterocycles. The first-order chi connectivity index (χ1) is 9.16. The SMILES string of the molecule is O=C1Nc2ccccc2[C@@H]1c1ccc([N+](=O)[O-])cc1. The number of hydrogen-bond acceptors (Lipinski definition) is 3. The van der Waals surface area contributed by atoms with Crippen molar-refractivity contribution in [2.75, 3.05) is 5.32 Å². The van der Waals surface area contributed by atoms with Gasteiger partial charge in [-0.2, -0.15) is 0 Å². The highest BCUT2D eigenvalue weighted by molar-refractivity contribution is 6.05. The van der Waals surface area contributed by atoms with Gasteiger partial charge in [-0.3, -0.25) is 14.9 Å². The Bertz CT molecular complexity index is 665. The van der Waals surface area contributed by atoms with Crippen LogP contribution in [0.3, 0.4) is 0 Å². The van der Waals surface area contributed by atoms with Gasteiger partial charge in [-0.1, -0.05) is 30.3 Å². The van der Waals surface area contributed by atoms with Crippen LogP contribution >= 0.6 is 0 Å². The van der Waals surface area contributed by atoms with Crippen LogP contribution in [-0.4, -0.2) is 10.8 Å². The molecule has 0 radical (unpaired) electrons. The number of nitrogens with one attached hydrogen (secondary N) is 1. The van der Waals surface area contributed by atoms with Crippen molar-refractivity contribution in [2.24, 2.45) is 0 Å². The van der Waals surface area contributed by atoms with Crippen LogP contribution < -0.4 is 5.32 Å². The molecule has 1 atom stereocenters. The van der Waals surface area contributed by atoms with Crippen molar-refractivity contribution < 1.29 is 9.72 Å². The van der Waals surface area contributed by atoms with Crippen LogP contribution in [0, 0.1) is 10.1 Å². The molecule has 94 valence electrons. The number of nitrogens with zero attached hydrogens (tertiary/aromatic N) is 1. The minimum Gasteiger partial charge on any atom is -0.325 e. The Morgan fingerprint density at radius 1 is 1.05 bits per heavy atom. The average molecular weight is 254 g/mol. The van der Waals surface area contributed by atoms with E-state index in [1.54, 1.807) is 12.1 Å². The number of non-ortho nitro benzene ring substituents is 1. The normalized spacial score (nSPS) is 16.8. The molecule has 0 spiro atoms. The predicted molar refractivity (Wildman–Crippen MR) is 70.0 cm³/mol. The van der Waals surface area contributed by atoms with Gasteiger partial charge >= 0.3 is 0 Å². The molecule has 0 saturated carbocycles. The summed E-state index contributed by atoms with van der Waals surface area (Å²) < 4.78 is 0. The second kappa shape index (κ2) is 4.20. The lowest BCUT2D eigenvalue weighted by Gasteiger charge is -2.08. The molecule has 5 nitrogen and oxygen atoms in total. The van der Waals surface area contributed by atoms with Crippen molar-refractivity contribution in [3.8, 4) is 0 Å². The molecule has 2 aromatic carbocycles. The van der Waals surface area contributed by atoms with Gasteiger partial charge in [0.15, 0.2) is 0 Å². The Morgan fingerprint density at radius 2 is 1.74 bits per heavy atom. The van der Waals surface area contributed by atoms with Crippen LogP contribution in [-0.2, 0) is 4.79 Å². The molecule has 0 aliphatic carbocycles. The van der Waals surface area contributed by atoms with Gasteiger partial charge in [0, 0.05) is 17.8 Å². The molecule has 0 bridgehead atoms. The zero-order valence-electron chi connectivity index (χ0n) is 9.87. The maximum absolute atomic E-state index is 12.0. The number of nitro groups is 1. The van der Waals surface area contributed by atoms with Crippen molar-refractivity contribution in [1.29, 1.82) is 0 Å². The summed E-state index contributed by atoms with van der Waals surface area (Å²) in [5.41, 5.74) is 2.49. The summed E-state index contributed by atoms with van der Waals surface area (Å²) in [6.45, 7) is 0. The fraction of sp³-hybridized carbons (Fsp3) is 0.0714. The van der Waals surface area contributed by atoms with Crippen molar-refractivity contribution in [1.82, 2.24) is 0 Å². The van der Waals surface area contributed by atoms with E-state index in [0.717, 1.165) is 16.8 Å². The van der Waals surface area contributed by atoms with Gasteiger partial charge < -0.3 is 5.32 Å². The van der Waals surface area contributed by atoms with E-state index in [2.05, 4.69) is 5.32 Å². The summed E-state index contributed by atoms with van der Waals surface area (Å²) >= 11 is 0. The highest BCUT2D eigenvalue weighted by Gasteiger charge is 2.31. The first kappa shape index (κ1) is 11.4. The molecule has 2 aromatic rings. The molecule has 0 fully saturated rings. The fourth-order valence-corrected chi connectivity index (χ4v) is 2.33. The number of benzene rings is 2. The van der Waals surface area contributed by atoms with Crippen LogP contribution in [0.4, 0.5) is 11.4 Å². The van der Waals surface area contributed by atoms with E-state index < -0.39 is 10.8 Å². The van der Waals surface area contributed by atoms with Crippen LogP contribution in [0.5, 0.6) is 0 Å². The summed E-state index contributed by atoms with van der Waals surface area (Å²) in [7, 11) is 0. The second-order valence-electron chi connectivity index (χ2n) is 4.36. The number of amides is 1. The molecule has 1 amide bonds. The smallest absolute Gasteiger partial charge is 0.269 e. The van der Waals surface area contributed by atoms with Gasteiger partial charge in [-0.15, -0.1) is 0 Å². The van der Waals surface area contributed by atoms with Gasteiger partial charge in [0.1, 0.15) is 0 Å². The summed E-state index contributed by atoms with van der Waals surface area (Å²) in [6.07, 6.45) is 0. The Hall–Kier alpha value is -2.69. The van der Waals surface area contributed by atoms with Gasteiger partial charge in [-0.05, 0) is 17.2 Å². The van der Waals surface area contributed by atoms with E-state index >= 15 is 0 Å². The first-order valence-corrected chi connectivity index (χ1v) is 5.81. The third-order valence-electron chi connectivity index (χ3n) is 3.23. The first-order valence-electron chi connectivity index (χ1n) is 5.81. The zero-order chi connectivity index (χ0) is 13.4. The summed E-state index contributed by atoms with van der Waals surface area (Å²) in [5.74, 6) is -0.493. The average Bonchev–Trinajstić information content (AvgIpc) is 2.74. The minimum atomic E-state index is -0.452. The molecule has 0 unspecified atom stereocenters. The summed E-state index contributed by atoms with van der Waals surface area (Å²) in [6, 6.07) is 13.6. The number of fused-ring (bicyclic) bond motifs is 1. The van der Waals surface area contributed by atoms with E-state index in [1.165, 1.54) is 12.1 Å². The van der Waals surface area contributed by atoms with Crippen molar-refractivity contribution in [2.45, 2.75) is 5.92 Å². The van der Waals surface area contributed by atoms with E-state index in [0.29, 0.717) is 0 Å². The number of carbonyl (C=O) groups is 1. The third kappa shape index (κ3) is 1.85. The number of para-hydroxylation sites is 1. The second-order valence-corrected chi connectivity index (χ2v) is 4.36. The van der Waals surface area contributed by atoms with Crippen LogP contribution in [0.15, 0.2) is 48.5 Å². The highest BCUT2D eigenvalue weighted by atomic mass is 16.6. The molecule has 5 heteroatoms. The monoisotopic (exact) mass is 254 g/mol. The minimum absolute atomic E-state index is 0.0236. The number of anilines is 1. The molecular weight excluding hydrogens is 244 g/mol. The van der Waals surface area contributed by atoms with Crippen molar-refractivity contribution in [3.63, 3.8) is 0 Å². The molecule has 0 aromatic heterocycles. The largest absolute Gasteiger partial charge is 0.325 e. The van der Waals surface area contributed by atoms with Crippen LogP contribution in [0.25, 0.3) is 0 Å². The lowest BCUT2D eigenvalue weighted by molar-refractivity contribution is -0.384. The molecule has 19 heavy (non-hydrogen) atoms. The highest BCUT2D eigenvalue weighted by Crippen LogP contribution is 2.37. The predicted octanol–water partition coefficient (Wildman–Crippen LogP) is 2.68. The molecule has 1 aliphatic rings. The molecule has 1 heterocycles. The summed E-state index contributed by atoms with van der Waals surface area (Å²) in [4.78, 5) is 22.2. The van der Waals surface area contributed by atoms with E-state index in [1.807, 2.05) is 24.3 Å². The Balaban J connectivity index is 2.02. The lowest BCUT2D eigenvalue weighted by atomic mass is 9.92. The van der Waals surface area contributed by atoms with E-state index in [4.69, 9.17) is 0 Å². The maximum Gasteiger partial charge on any atom is 0.269 e. The van der Waals surface area contributed by atoms with Gasteiger partial charge in [0.05, 0.1) is 10.8 Å². The number of rotatable bonds is 2. The van der Waals surface area contributed by atoms with Gasteiger partial charge in [-0.25, -0.2) is 0 Å². The summed E-state index contributed by atoms with van der Waals surface area (Å²) in [5, 5.41) is 13.4. The molecular formula is C14H10N2O3. The maximum atomic E-state index is 12.0. The molecule has 0 saturated heterocycles. The Labute approximate surface area is 109 Å². The number of nitro benzene ring substituents is 1. The Kier molecular flexibility index (Phi) is 2.52. The fourth-order valence-electron chi connectivity index (χ4n) is 2.33. The molecule has 3 rings (SSSR count). The Morgan fingerprint density at radius 3 is 2.42 bits per heavy atom.